The van der Waals surface area contributed by atoms with E-state index in [1.165, 1.54) is 18.2 Å². The fourth-order valence-electron chi connectivity index (χ4n) is 2.57. The molecule has 1 aromatic carbocycles. The Morgan fingerprint density at radius 3 is 2.72 bits per heavy atom. The van der Waals surface area contributed by atoms with Gasteiger partial charge in [0.2, 0.25) is 5.91 Å². The molecule has 2 aliphatic rings. The Labute approximate surface area is 143 Å². The molecule has 1 aliphatic carbocycles. The molecule has 25 heavy (non-hydrogen) atoms. The van der Waals surface area contributed by atoms with Gasteiger partial charge < -0.3 is 20.1 Å². The average Bonchev–Trinajstić information content (AvgIpc) is 3.40. The first-order valence-electron chi connectivity index (χ1n) is 8.30. The lowest BCUT2D eigenvalue weighted by Crippen LogP contribution is -2.47. The standard InChI is InChI=1S/C17H20F2N2O4/c18-17(19)25-13-5-3-11(7-14(13)24-9-10-1-2-10)16(23)21-12-4-6-15(22)20-8-12/h3,5,7,10,12,17H,1-2,4,6,8-9H2,(H,20,22)(H,21,23)/t12-/m0/s1. The molecule has 2 amide bonds. The van der Waals surface area contributed by atoms with Crippen molar-refractivity contribution in [3.05, 3.63) is 23.8 Å². The summed E-state index contributed by atoms with van der Waals surface area (Å²) >= 11 is 0. The van der Waals surface area contributed by atoms with E-state index in [1.54, 1.807) is 0 Å². The number of alkyl halides is 2. The average molecular weight is 354 g/mol. The third-order valence-corrected chi connectivity index (χ3v) is 4.19. The van der Waals surface area contributed by atoms with Gasteiger partial charge in [0.25, 0.3) is 5.91 Å². The molecule has 1 aromatic rings. The number of carbonyl (C=O) groups excluding carboxylic acids is 2. The summed E-state index contributed by atoms with van der Waals surface area (Å²) in [6.45, 7) is -2.17. The summed E-state index contributed by atoms with van der Waals surface area (Å²) in [6.07, 6.45) is 3.04. The first-order chi connectivity index (χ1) is 12.0. The molecule has 8 heteroatoms. The van der Waals surface area contributed by atoms with E-state index in [0.717, 1.165) is 12.8 Å². The minimum absolute atomic E-state index is 0.0326. The van der Waals surface area contributed by atoms with Gasteiger partial charge in [0.05, 0.1) is 6.61 Å². The second-order valence-electron chi connectivity index (χ2n) is 6.31. The zero-order valence-electron chi connectivity index (χ0n) is 13.6. The van der Waals surface area contributed by atoms with Crippen LogP contribution in [0.15, 0.2) is 18.2 Å². The van der Waals surface area contributed by atoms with Crippen LogP contribution in [0.25, 0.3) is 0 Å². The smallest absolute Gasteiger partial charge is 0.387 e. The quantitative estimate of drug-likeness (QED) is 0.786. The number of carbonyl (C=O) groups is 2. The highest BCUT2D eigenvalue weighted by Crippen LogP contribution is 2.34. The molecule has 0 unspecified atom stereocenters. The highest BCUT2D eigenvalue weighted by atomic mass is 19.3. The molecule has 1 saturated carbocycles. The van der Waals surface area contributed by atoms with Crippen LogP contribution in [0.3, 0.4) is 0 Å². The maximum absolute atomic E-state index is 12.5. The SMILES string of the molecule is O=C1CC[C@H](NC(=O)c2ccc(OC(F)F)c(OCC3CC3)c2)CN1. The maximum Gasteiger partial charge on any atom is 0.387 e. The molecule has 1 atom stereocenters. The predicted molar refractivity (Wildman–Crippen MR) is 84.8 cm³/mol. The van der Waals surface area contributed by atoms with E-state index in [0.29, 0.717) is 37.5 Å². The van der Waals surface area contributed by atoms with E-state index in [-0.39, 0.29) is 29.4 Å². The summed E-state index contributed by atoms with van der Waals surface area (Å²) in [5, 5.41) is 5.51. The molecule has 2 N–H and O–H groups in total. The van der Waals surface area contributed by atoms with Gasteiger partial charge in [-0.25, -0.2) is 0 Å². The van der Waals surface area contributed by atoms with Crippen LogP contribution in [0.2, 0.25) is 0 Å². The Kier molecular flexibility index (Phi) is 5.35. The minimum Gasteiger partial charge on any atom is -0.489 e. The van der Waals surface area contributed by atoms with Crippen molar-refractivity contribution in [1.82, 2.24) is 10.6 Å². The lowest BCUT2D eigenvalue weighted by Gasteiger charge is -2.23. The minimum atomic E-state index is -2.96. The Hall–Kier alpha value is -2.38. The van der Waals surface area contributed by atoms with Crippen LogP contribution < -0.4 is 20.1 Å². The number of halogens is 2. The Morgan fingerprint density at radius 2 is 2.08 bits per heavy atom. The van der Waals surface area contributed by atoms with Crippen molar-refractivity contribution in [2.45, 2.75) is 38.3 Å². The number of ether oxygens (including phenoxy) is 2. The van der Waals surface area contributed by atoms with Crippen molar-refractivity contribution in [2.75, 3.05) is 13.2 Å². The lowest BCUT2D eigenvalue weighted by molar-refractivity contribution is -0.122. The number of piperidine rings is 1. The van der Waals surface area contributed by atoms with Crippen LogP contribution in [-0.2, 0) is 4.79 Å². The van der Waals surface area contributed by atoms with E-state index >= 15 is 0 Å². The summed E-state index contributed by atoms with van der Waals surface area (Å²) in [5.41, 5.74) is 0.296. The normalized spacial score (nSPS) is 20.1. The monoisotopic (exact) mass is 354 g/mol. The van der Waals surface area contributed by atoms with Crippen LogP contribution in [0.5, 0.6) is 11.5 Å². The number of rotatable bonds is 7. The number of hydrogen-bond donors (Lipinski definition) is 2. The van der Waals surface area contributed by atoms with Gasteiger partial charge >= 0.3 is 6.61 Å². The van der Waals surface area contributed by atoms with Crippen molar-refractivity contribution >= 4 is 11.8 Å². The van der Waals surface area contributed by atoms with Crippen molar-refractivity contribution in [1.29, 1.82) is 0 Å². The third-order valence-electron chi connectivity index (χ3n) is 4.19. The van der Waals surface area contributed by atoms with Crippen LogP contribution in [0, 0.1) is 5.92 Å². The predicted octanol–water partition coefficient (Wildman–Crippen LogP) is 2.09. The van der Waals surface area contributed by atoms with Gasteiger partial charge in [0.1, 0.15) is 0 Å². The molecule has 1 heterocycles. The molecule has 1 saturated heterocycles. The van der Waals surface area contributed by atoms with Crippen LogP contribution in [0.4, 0.5) is 8.78 Å². The van der Waals surface area contributed by atoms with E-state index in [2.05, 4.69) is 15.4 Å². The van der Waals surface area contributed by atoms with E-state index < -0.39 is 6.61 Å². The summed E-state index contributed by atoms with van der Waals surface area (Å²) in [7, 11) is 0. The Bertz CT molecular complexity index is 640. The molecule has 6 nitrogen and oxygen atoms in total. The van der Waals surface area contributed by atoms with Gasteiger partial charge in [-0.2, -0.15) is 8.78 Å². The number of hydrogen-bond acceptors (Lipinski definition) is 4. The van der Waals surface area contributed by atoms with Crippen molar-refractivity contribution in [3.63, 3.8) is 0 Å². The van der Waals surface area contributed by atoms with Crippen LogP contribution in [0.1, 0.15) is 36.0 Å². The summed E-state index contributed by atoms with van der Waals surface area (Å²) in [6, 6.07) is 3.99. The molecule has 0 aromatic heterocycles. The fraction of sp³-hybridized carbons (Fsp3) is 0.529. The zero-order chi connectivity index (χ0) is 17.8. The van der Waals surface area contributed by atoms with E-state index in [9.17, 15) is 18.4 Å². The van der Waals surface area contributed by atoms with Crippen molar-refractivity contribution < 1.29 is 27.8 Å². The topological polar surface area (TPSA) is 76.7 Å². The van der Waals surface area contributed by atoms with Gasteiger partial charge in [-0.1, -0.05) is 0 Å². The highest BCUT2D eigenvalue weighted by molar-refractivity contribution is 5.95. The second kappa shape index (κ2) is 7.67. The molecule has 0 radical (unpaired) electrons. The van der Waals surface area contributed by atoms with Gasteiger partial charge in [0.15, 0.2) is 11.5 Å². The number of amides is 2. The third kappa shape index (κ3) is 5.04. The molecule has 0 bridgehead atoms. The molecular formula is C17H20F2N2O4. The zero-order valence-corrected chi connectivity index (χ0v) is 13.6. The maximum atomic E-state index is 12.5. The largest absolute Gasteiger partial charge is 0.489 e. The molecule has 1 aliphatic heterocycles. The van der Waals surface area contributed by atoms with Crippen molar-refractivity contribution in [2.24, 2.45) is 5.92 Å². The highest BCUT2D eigenvalue weighted by Gasteiger charge is 2.24. The molecular weight excluding hydrogens is 334 g/mol. The number of nitrogens with one attached hydrogen (secondary N) is 2. The molecule has 136 valence electrons. The van der Waals surface area contributed by atoms with Gasteiger partial charge in [-0.15, -0.1) is 0 Å². The van der Waals surface area contributed by atoms with Gasteiger partial charge in [0, 0.05) is 24.6 Å². The van der Waals surface area contributed by atoms with E-state index in [4.69, 9.17) is 4.74 Å². The summed E-state index contributed by atoms with van der Waals surface area (Å²) in [5.74, 6) is 0.104. The summed E-state index contributed by atoms with van der Waals surface area (Å²) < 4.78 is 35.1. The molecule has 2 fully saturated rings. The van der Waals surface area contributed by atoms with Crippen molar-refractivity contribution in [3.8, 4) is 11.5 Å². The Morgan fingerprint density at radius 1 is 1.28 bits per heavy atom. The van der Waals surface area contributed by atoms with E-state index in [1.807, 2.05) is 0 Å². The van der Waals surface area contributed by atoms with Gasteiger partial charge in [-0.05, 0) is 43.4 Å². The van der Waals surface area contributed by atoms with Crippen LogP contribution in [-0.4, -0.2) is 37.6 Å². The second-order valence-corrected chi connectivity index (χ2v) is 6.31. The molecule has 0 spiro atoms. The lowest BCUT2D eigenvalue weighted by atomic mass is 10.1. The fourth-order valence-corrected chi connectivity index (χ4v) is 2.57. The summed E-state index contributed by atoms with van der Waals surface area (Å²) in [4.78, 5) is 23.5. The molecule has 3 rings (SSSR count). The first kappa shape index (κ1) is 17.4. The Balaban J connectivity index is 1.67. The van der Waals surface area contributed by atoms with Gasteiger partial charge in [-0.3, -0.25) is 9.59 Å². The number of benzene rings is 1. The first-order valence-corrected chi connectivity index (χ1v) is 8.30. The van der Waals surface area contributed by atoms with Crippen LogP contribution >= 0.6 is 0 Å².